The topological polar surface area (TPSA) is 59.6 Å². The molecule has 1 heterocycles. The maximum Gasteiger partial charge on any atom is 0.238 e. The molecular weight excluding hydrogens is 292 g/mol. The van der Waals surface area contributed by atoms with Gasteiger partial charge >= 0.3 is 0 Å². The van der Waals surface area contributed by atoms with Crippen LogP contribution in [-0.4, -0.2) is 37.8 Å². The lowest BCUT2D eigenvalue weighted by atomic mass is 10.2. The van der Waals surface area contributed by atoms with Crippen LogP contribution in [0.4, 0.5) is 5.69 Å². The fourth-order valence-corrected chi connectivity index (χ4v) is 3.17. The second-order valence-corrected chi connectivity index (χ2v) is 6.36. The Labute approximate surface area is 137 Å². The van der Waals surface area contributed by atoms with Crippen molar-refractivity contribution < 1.29 is 14.3 Å². The molecular formula is C18H26N2O3. The van der Waals surface area contributed by atoms with E-state index in [1.807, 2.05) is 24.3 Å². The van der Waals surface area contributed by atoms with Crippen LogP contribution >= 0.6 is 0 Å². The van der Waals surface area contributed by atoms with Gasteiger partial charge in [0.2, 0.25) is 5.91 Å². The van der Waals surface area contributed by atoms with Gasteiger partial charge in [-0.3, -0.25) is 4.79 Å². The number of ether oxygens (including phenoxy) is 2. The molecule has 5 heteroatoms. The molecule has 1 aromatic carbocycles. The summed E-state index contributed by atoms with van der Waals surface area (Å²) >= 11 is 0. The summed E-state index contributed by atoms with van der Waals surface area (Å²) in [5.41, 5.74) is 0.799. The maximum atomic E-state index is 11.9. The second kappa shape index (κ2) is 8.31. The lowest BCUT2D eigenvalue weighted by molar-refractivity contribution is -0.115. The van der Waals surface area contributed by atoms with Gasteiger partial charge in [0.1, 0.15) is 5.75 Å². The number of carbonyl (C=O) groups excluding carboxylic acids is 1. The van der Waals surface area contributed by atoms with Gasteiger partial charge in [-0.05, 0) is 62.8 Å². The fraction of sp³-hybridized carbons (Fsp3) is 0.611. The molecule has 3 rings (SSSR count). The summed E-state index contributed by atoms with van der Waals surface area (Å²) in [5.74, 6) is 0.846. The van der Waals surface area contributed by atoms with E-state index in [9.17, 15) is 4.79 Å². The Morgan fingerprint density at radius 1 is 1.13 bits per heavy atom. The Morgan fingerprint density at radius 3 is 2.61 bits per heavy atom. The highest BCUT2D eigenvalue weighted by Gasteiger charge is 2.17. The van der Waals surface area contributed by atoms with Gasteiger partial charge in [0, 0.05) is 18.8 Å². The van der Waals surface area contributed by atoms with E-state index in [2.05, 4.69) is 10.6 Å². The first kappa shape index (κ1) is 16.3. The third-order valence-corrected chi connectivity index (χ3v) is 4.42. The quantitative estimate of drug-likeness (QED) is 0.811. The Morgan fingerprint density at radius 2 is 1.91 bits per heavy atom. The van der Waals surface area contributed by atoms with Gasteiger partial charge in [0.05, 0.1) is 18.8 Å². The number of hydrogen-bond donors (Lipinski definition) is 2. The van der Waals surface area contributed by atoms with Gasteiger partial charge in [0.25, 0.3) is 0 Å². The summed E-state index contributed by atoms with van der Waals surface area (Å²) in [6, 6.07) is 7.63. The van der Waals surface area contributed by atoms with Crippen molar-refractivity contribution >= 4 is 11.6 Å². The second-order valence-electron chi connectivity index (χ2n) is 6.36. The molecule has 0 bridgehead atoms. The van der Waals surface area contributed by atoms with E-state index in [0.29, 0.717) is 12.6 Å². The predicted octanol–water partition coefficient (Wildman–Crippen LogP) is 2.72. The minimum absolute atomic E-state index is 0.0348. The minimum Gasteiger partial charge on any atom is -0.490 e. The fourth-order valence-electron chi connectivity index (χ4n) is 3.17. The Balaban J connectivity index is 1.37. The molecule has 1 unspecified atom stereocenters. The highest BCUT2D eigenvalue weighted by atomic mass is 16.5. The Kier molecular flexibility index (Phi) is 5.88. The molecule has 23 heavy (non-hydrogen) atoms. The molecule has 1 aliphatic heterocycles. The standard InChI is InChI=1S/C18H26N2O3/c21-18(13-19-12-17-6-3-11-22-17)20-14-7-9-16(10-8-14)23-15-4-1-2-5-15/h7-10,15,17,19H,1-6,11-13H2,(H,20,21). The number of rotatable bonds is 7. The third kappa shape index (κ3) is 5.22. The molecule has 2 N–H and O–H groups in total. The van der Waals surface area contributed by atoms with E-state index in [0.717, 1.165) is 50.3 Å². The normalized spacial score (nSPS) is 21.5. The highest BCUT2D eigenvalue weighted by molar-refractivity contribution is 5.92. The van der Waals surface area contributed by atoms with Crippen LogP contribution in [0, 0.1) is 0 Å². The molecule has 5 nitrogen and oxygen atoms in total. The van der Waals surface area contributed by atoms with E-state index >= 15 is 0 Å². The summed E-state index contributed by atoms with van der Waals surface area (Å²) < 4.78 is 11.4. The third-order valence-electron chi connectivity index (χ3n) is 4.42. The first-order valence-corrected chi connectivity index (χ1v) is 8.68. The van der Waals surface area contributed by atoms with Crippen LogP contribution in [-0.2, 0) is 9.53 Å². The Bertz CT molecular complexity index is 491. The van der Waals surface area contributed by atoms with Crippen molar-refractivity contribution in [1.82, 2.24) is 5.32 Å². The summed E-state index contributed by atoms with van der Waals surface area (Å²) in [6.45, 7) is 1.88. The smallest absolute Gasteiger partial charge is 0.238 e. The van der Waals surface area contributed by atoms with Crippen molar-refractivity contribution in [2.24, 2.45) is 0 Å². The summed E-state index contributed by atoms with van der Waals surface area (Å²) in [4.78, 5) is 11.9. The molecule has 1 aliphatic carbocycles. The van der Waals surface area contributed by atoms with Crippen molar-refractivity contribution in [3.8, 4) is 5.75 Å². The van der Waals surface area contributed by atoms with Crippen LogP contribution in [0.5, 0.6) is 5.75 Å². The van der Waals surface area contributed by atoms with Gasteiger partial charge in [-0.1, -0.05) is 0 Å². The van der Waals surface area contributed by atoms with Crippen LogP contribution < -0.4 is 15.4 Å². The molecule has 1 amide bonds. The monoisotopic (exact) mass is 318 g/mol. The first-order valence-electron chi connectivity index (χ1n) is 8.68. The average Bonchev–Trinajstić information content (AvgIpc) is 3.23. The lowest BCUT2D eigenvalue weighted by Gasteiger charge is -2.14. The zero-order valence-electron chi connectivity index (χ0n) is 13.6. The average molecular weight is 318 g/mol. The van der Waals surface area contributed by atoms with Gasteiger partial charge in [-0.15, -0.1) is 0 Å². The number of hydrogen-bond acceptors (Lipinski definition) is 4. The predicted molar refractivity (Wildman–Crippen MR) is 89.8 cm³/mol. The zero-order valence-corrected chi connectivity index (χ0v) is 13.6. The molecule has 2 fully saturated rings. The van der Waals surface area contributed by atoms with Crippen LogP contribution in [0.1, 0.15) is 38.5 Å². The maximum absolute atomic E-state index is 11.9. The van der Waals surface area contributed by atoms with Gasteiger partial charge < -0.3 is 20.1 Å². The van der Waals surface area contributed by atoms with E-state index in [1.165, 1.54) is 12.8 Å². The molecule has 0 radical (unpaired) electrons. The van der Waals surface area contributed by atoms with Crippen LogP contribution in [0.2, 0.25) is 0 Å². The van der Waals surface area contributed by atoms with Gasteiger partial charge in [0.15, 0.2) is 0 Å². The van der Waals surface area contributed by atoms with Crippen LogP contribution in [0.3, 0.4) is 0 Å². The lowest BCUT2D eigenvalue weighted by Crippen LogP contribution is -2.33. The largest absolute Gasteiger partial charge is 0.490 e. The highest BCUT2D eigenvalue weighted by Crippen LogP contribution is 2.24. The molecule has 1 saturated carbocycles. The summed E-state index contributed by atoms with van der Waals surface area (Å²) in [5, 5.41) is 6.04. The first-order chi connectivity index (χ1) is 11.3. The van der Waals surface area contributed by atoms with E-state index in [-0.39, 0.29) is 12.0 Å². The van der Waals surface area contributed by atoms with Gasteiger partial charge in [-0.25, -0.2) is 0 Å². The van der Waals surface area contributed by atoms with Crippen molar-refractivity contribution in [3.05, 3.63) is 24.3 Å². The Hall–Kier alpha value is -1.59. The number of nitrogens with one attached hydrogen (secondary N) is 2. The molecule has 1 aromatic rings. The molecule has 1 atom stereocenters. The SMILES string of the molecule is O=C(CNCC1CCCO1)Nc1ccc(OC2CCCC2)cc1. The van der Waals surface area contributed by atoms with Crippen molar-refractivity contribution in [2.45, 2.75) is 50.7 Å². The number of benzene rings is 1. The van der Waals surface area contributed by atoms with E-state index in [4.69, 9.17) is 9.47 Å². The van der Waals surface area contributed by atoms with Crippen molar-refractivity contribution in [1.29, 1.82) is 0 Å². The minimum atomic E-state index is -0.0348. The summed E-state index contributed by atoms with van der Waals surface area (Å²) in [6.07, 6.45) is 7.64. The van der Waals surface area contributed by atoms with Crippen molar-refractivity contribution in [2.75, 3.05) is 25.0 Å². The number of amides is 1. The molecule has 2 aliphatic rings. The molecule has 0 spiro atoms. The van der Waals surface area contributed by atoms with Crippen molar-refractivity contribution in [3.63, 3.8) is 0 Å². The number of carbonyl (C=O) groups is 1. The molecule has 126 valence electrons. The van der Waals surface area contributed by atoms with Crippen LogP contribution in [0.25, 0.3) is 0 Å². The van der Waals surface area contributed by atoms with E-state index < -0.39 is 0 Å². The van der Waals surface area contributed by atoms with Crippen LogP contribution in [0.15, 0.2) is 24.3 Å². The molecule has 0 aromatic heterocycles. The van der Waals surface area contributed by atoms with E-state index in [1.54, 1.807) is 0 Å². The van der Waals surface area contributed by atoms with Gasteiger partial charge in [-0.2, -0.15) is 0 Å². The molecule has 1 saturated heterocycles. The zero-order chi connectivity index (χ0) is 15.9. The number of anilines is 1. The summed E-state index contributed by atoms with van der Waals surface area (Å²) in [7, 11) is 0.